The highest BCUT2D eigenvalue weighted by Crippen LogP contribution is 2.26. The second-order valence-electron chi connectivity index (χ2n) is 3.83. The molecule has 7 heteroatoms. The van der Waals surface area contributed by atoms with Crippen LogP contribution in [-0.2, 0) is 9.53 Å². The van der Waals surface area contributed by atoms with Gasteiger partial charge < -0.3 is 15.4 Å². The predicted octanol–water partition coefficient (Wildman–Crippen LogP) is 1.06. The zero-order valence-corrected chi connectivity index (χ0v) is 11.2. The maximum atomic E-state index is 11.9. The van der Waals surface area contributed by atoms with Gasteiger partial charge in [0.05, 0.1) is 28.9 Å². The summed E-state index contributed by atoms with van der Waals surface area (Å²) < 4.78 is 6.38. The van der Waals surface area contributed by atoms with Crippen LogP contribution in [0.5, 0.6) is 0 Å². The smallest absolute Gasteiger partial charge is 0.233 e. The van der Waals surface area contributed by atoms with Crippen molar-refractivity contribution in [3.8, 4) is 0 Å². The summed E-state index contributed by atoms with van der Waals surface area (Å²) in [5.41, 5.74) is 5.53. The summed E-state index contributed by atoms with van der Waals surface area (Å²) in [6.07, 6.45) is 1.84. The van der Waals surface area contributed by atoms with Crippen molar-refractivity contribution in [2.24, 2.45) is 0 Å². The molecule has 0 saturated carbocycles. The first-order chi connectivity index (χ1) is 8.15. The Morgan fingerprint density at radius 2 is 2.65 bits per heavy atom. The number of nitrogen functional groups attached to an aromatic ring is 1. The van der Waals surface area contributed by atoms with E-state index in [-0.39, 0.29) is 12.0 Å². The minimum absolute atomic E-state index is 0.136. The van der Waals surface area contributed by atoms with Crippen molar-refractivity contribution in [2.75, 3.05) is 31.2 Å². The fraction of sp³-hybridized carbons (Fsp3) is 0.600. The molecule has 0 aliphatic carbocycles. The van der Waals surface area contributed by atoms with Crippen LogP contribution in [0, 0.1) is 0 Å². The van der Waals surface area contributed by atoms with Crippen molar-refractivity contribution in [3.05, 3.63) is 6.20 Å². The number of carbonyl (C=O) groups excluding carboxylic acids is 1. The van der Waals surface area contributed by atoms with Crippen LogP contribution in [0.15, 0.2) is 10.4 Å². The van der Waals surface area contributed by atoms with Crippen molar-refractivity contribution in [1.29, 1.82) is 0 Å². The van der Waals surface area contributed by atoms with Gasteiger partial charge in [0.25, 0.3) is 0 Å². The molecule has 0 radical (unpaired) electrons. The van der Waals surface area contributed by atoms with Crippen molar-refractivity contribution in [2.45, 2.75) is 17.2 Å². The van der Waals surface area contributed by atoms with Crippen LogP contribution in [0.3, 0.4) is 0 Å². The standard InChI is InChI=1S/C10H15N3O2S2/c1-7-5-13(2-3-15-7)8(14)6-16-9-4-12-10(11)17-9/h4,7H,2-3,5-6H2,1H3,(H2,11,12). The molecule has 17 heavy (non-hydrogen) atoms. The number of aromatic nitrogens is 1. The second kappa shape index (κ2) is 5.70. The van der Waals surface area contributed by atoms with E-state index < -0.39 is 0 Å². The highest BCUT2D eigenvalue weighted by molar-refractivity contribution is 8.01. The molecule has 2 heterocycles. The Hall–Kier alpha value is -0.790. The van der Waals surface area contributed by atoms with E-state index in [2.05, 4.69) is 4.98 Å². The molecule has 1 saturated heterocycles. The molecular formula is C10H15N3O2S2. The molecule has 94 valence electrons. The molecule has 1 aliphatic heterocycles. The number of morpholine rings is 1. The largest absolute Gasteiger partial charge is 0.375 e. The number of hydrogen-bond donors (Lipinski definition) is 1. The average molecular weight is 273 g/mol. The zero-order valence-electron chi connectivity index (χ0n) is 9.59. The molecule has 1 atom stereocenters. The van der Waals surface area contributed by atoms with Crippen LogP contribution in [0.1, 0.15) is 6.92 Å². The van der Waals surface area contributed by atoms with Gasteiger partial charge in [-0.3, -0.25) is 4.79 Å². The molecule has 0 bridgehead atoms. The first-order valence-corrected chi connectivity index (χ1v) is 7.19. The van der Waals surface area contributed by atoms with E-state index in [0.29, 0.717) is 30.6 Å². The quantitative estimate of drug-likeness (QED) is 0.834. The second-order valence-corrected chi connectivity index (χ2v) is 6.17. The van der Waals surface area contributed by atoms with Gasteiger partial charge in [-0.1, -0.05) is 11.3 Å². The van der Waals surface area contributed by atoms with Crippen LogP contribution < -0.4 is 5.73 Å². The molecule has 1 aromatic rings. The summed E-state index contributed by atoms with van der Waals surface area (Å²) in [5, 5.41) is 0.542. The van der Waals surface area contributed by atoms with Gasteiger partial charge in [-0.05, 0) is 6.92 Å². The van der Waals surface area contributed by atoms with E-state index in [1.54, 1.807) is 6.20 Å². The van der Waals surface area contributed by atoms with E-state index in [9.17, 15) is 4.79 Å². The van der Waals surface area contributed by atoms with Crippen molar-refractivity contribution in [3.63, 3.8) is 0 Å². The predicted molar refractivity (Wildman–Crippen MR) is 69.2 cm³/mol. The van der Waals surface area contributed by atoms with Gasteiger partial charge >= 0.3 is 0 Å². The number of hydrogen-bond acceptors (Lipinski definition) is 6. The number of rotatable bonds is 3. The minimum atomic E-state index is 0.136. The number of carbonyl (C=O) groups is 1. The van der Waals surface area contributed by atoms with Gasteiger partial charge in [0.1, 0.15) is 0 Å². The van der Waals surface area contributed by atoms with Crippen LogP contribution in [0.4, 0.5) is 5.13 Å². The van der Waals surface area contributed by atoms with E-state index in [0.717, 1.165) is 4.21 Å². The van der Waals surface area contributed by atoms with Gasteiger partial charge in [-0.2, -0.15) is 0 Å². The van der Waals surface area contributed by atoms with E-state index in [1.807, 2.05) is 11.8 Å². The molecule has 2 rings (SSSR count). The third kappa shape index (κ3) is 3.58. The van der Waals surface area contributed by atoms with Gasteiger partial charge in [-0.15, -0.1) is 11.8 Å². The normalized spacial score (nSPS) is 20.5. The zero-order chi connectivity index (χ0) is 12.3. The SMILES string of the molecule is CC1CN(C(=O)CSc2cnc(N)s2)CCO1. The first-order valence-electron chi connectivity index (χ1n) is 5.38. The molecule has 2 N–H and O–H groups in total. The molecule has 5 nitrogen and oxygen atoms in total. The lowest BCUT2D eigenvalue weighted by Gasteiger charge is -2.31. The highest BCUT2D eigenvalue weighted by Gasteiger charge is 2.21. The number of nitrogens with zero attached hydrogens (tertiary/aromatic N) is 2. The molecule has 1 fully saturated rings. The molecule has 0 spiro atoms. The van der Waals surface area contributed by atoms with E-state index in [1.165, 1.54) is 23.1 Å². The van der Waals surface area contributed by atoms with Gasteiger partial charge in [0, 0.05) is 13.1 Å². The number of amides is 1. The van der Waals surface area contributed by atoms with Crippen molar-refractivity contribution >= 4 is 34.1 Å². The summed E-state index contributed by atoms with van der Waals surface area (Å²) in [7, 11) is 0. The maximum absolute atomic E-state index is 11.9. The lowest BCUT2D eigenvalue weighted by molar-refractivity contribution is -0.135. The van der Waals surface area contributed by atoms with E-state index in [4.69, 9.17) is 10.5 Å². The summed E-state index contributed by atoms with van der Waals surface area (Å²) in [6, 6.07) is 0. The van der Waals surface area contributed by atoms with Crippen molar-refractivity contribution in [1.82, 2.24) is 9.88 Å². The fourth-order valence-electron chi connectivity index (χ4n) is 1.61. The van der Waals surface area contributed by atoms with Crippen LogP contribution in [0.25, 0.3) is 0 Å². The van der Waals surface area contributed by atoms with Crippen LogP contribution >= 0.6 is 23.1 Å². The van der Waals surface area contributed by atoms with Crippen LogP contribution in [-0.4, -0.2) is 47.3 Å². The van der Waals surface area contributed by atoms with Gasteiger partial charge in [0.15, 0.2) is 5.13 Å². The van der Waals surface area contributed by atoms with Crippen LogP contribution in [0.2, 0.25) is 0 Å². The Kier molecular flexibility index (Phi) is 4.25. The van der Waals surface area contributed by atoms with Crippen molar-refractivity contribution < 1.29 is 9.53 Å². The molecule has 1 aliphatic rings. The Bertz CT molecular complexity index is 397. The summed E-state index contributed by atoms with van der Waals surface area (Å²) >= 11 is 2.90. The Morgan fingerprint density at radius 3 is 3.29 bits per heavy atom. The third-order valence-corrected chi connectivity index (χ3v) is 4.44. The monoisotopic (exact) mass is 273 g/mol. The molecule has 1 aromatic heterocycles. The molecular weight excluding hydrogens is 258 g/mol. The molecule has 1 unspecified atom stereocenters. The fourth-order valence-corrected chi connectivity index (χ4v) is 3.27. The Labute approximate surface area is 108 Å². The Balaban J connectivity index is 1.80. The molecule has 0 aromatic carbocycles. The third-order valence-electron chi connectivity index (χ3n) is 2.43. The number of thioether (sulfide) groups is 1. The summed E-state index contributed by atoms with van der Waals surface area (Å²) in [5.74, 6) is 0.589. The highest BCUT2D eigenvalue weighted by atomic mass is 32.2. The molecule has 1 amide bonds. The number of anilines is 1. The topological polar surface area (TPSA) is 68.5 Å². The van der Waals surface area contributed by atoms with Gasteiger partial charge in [-0.25, -0.2) is 4.98 Å². The maximum Gasteiger partial charge on any atom is 0.233 e. The Morgan fingerprint density at radius 1 is 1.82 bits per heavy atom. The lowest BCUT2D eigenvalue weighted by atomic mass is 10.3. The summed E-state index contributed by atoms with van der Waals surface area (Å²) in [6.45, 7) is 3.99. The van der Waals surface area contributed by atoms with Gasteiger partial charge in [0.2, 0.25) is 5.91 Å². The van der Waals surface area contributed by atoms with E-state index >= 15 is 0 Å². The number of ether oxygens (including phenoxy) is 1. The lowest BCUT2D eigenvalue weighted by Crippen LogP contribution is -2.45. The summed E-state index contributed by atoms with van der Waals surface area (Å²) in [4.78, 5) is 17.7. The number of thiazole rings is 1. The minimum Gasteiger partial charge on any atom is -0.375 e. The first kappa shape index (κ1) is 12.7. The average Bonchev–Trinajstić information content (AvgIpc) is 2.72. The number of nitrogens with two attached hydrogens (primary N) is 1.